The van der Waals surface area contributed by atoms with E-state index in [0.717, 1.165) is 61.2 Å². The Hall–Kier alpha value is -2.61. The van der Waals surface area contributed by atoms with Gasteiger partial charge in [0, 0.05) is 29.6 Å². The maximum Gasteiger partial charge on any atom is 0.277 e. The van der Waals surface area contributed by atoms with Crippen molar-refractivity contribution in [2.24, 2.45) is 5.16 Å². The summed E-state index contributed by atoms with van der Waals surface area (Å²) in [5.41, 5.74) is 2.74. The lowest BCUT2D eigenvalue weighted by atomic mass is 10.1. The zero-order valence-corrected chi connectivity index (χ0v) is 22.2. The number of aromatic nitrogens is 2. The molecule has 2 heterocycles. The van der Waals surface area contributed by atoms with Crippen LogP contribution in [0.4, 0.5) is 4.39 Å². The standard InChI is InChI=1S/C28H37FN4O2S/c1-3-5-7-8-9-13-26-32(18-6-4-2)25(31-35-26)19-33-24-12-10-11-23(24)27(34)30-28(33)36-20-21-14-16-22(29)17-15-21/h6,14-18,26H,3-5,7-13,19-20H2,1-2H3. The van der Waals surface area contributed by atoms with Crippen molar-refractivity contribution in [1.82, 2.24) is 14.5 Å². The molecule has 1 aromatic carbocycles. The van der Waals surface area contributed by atoms with Gasteiger partial charge in [-0.3, -0.25) is 9.69 Å². The molecular formula is C28H37FN4O2S. The minimum Gasteiger partial charge on any atom is -0.368 e. The van der Waals surface area contributed by atoms with Crippen molar-refractivity contribution in [2.75, 3.05) is 0 Å². The third-order valence-corrected chi connectivity index (χ3v) is 7.77. The number of halogens is 1. The molecule has 4 rings (SSSR count). The van der Waals surface area contributed by atoms with Crippen LogP contribution in [-0.2, 0) is 30.0 Å². The number of oxime groups is 1. The highest BCUT2D eigenvalue weighted by Gasteiger charge is 2.30. The number of nitrogens with zero attached hydrogens (tertiary/aromatic N) is 4. The Labute approximate surface area is 217 Å². The Balaban J connectivity index is 1.53. The molecular weight excluding hydrogens is 475 g/mol. The van der Waals surface area contributed by atoms with E-state index >= 15 is 0 Å². The fraction of sp³-hybridized carbons (Fsp3) is 0.536. The smallest absolute Gasteiger partial charge is 0.277 e. The molecule has 2 aromatic rings. The van der Waals surface area contributed by atoms with Crippen molar-refractivity contribution >= 4 is 17.6 Å². The lowest BCUT2D eigenvalue weighted by Crippen LogP contribution is -2.35. The van der Waals surface area contributed by atoms with Crippen LogP contribution >= 0.6 is 11.8 Å². The molecule has 0 saturated carbocycles. The first-order valence-electron chi connectivity index (χ1n) is 13.3. The minimum atomic E-state index is -0.254. The average Bonchev–Trinajstić information content (AvgIpc) is 3.52. The molecule has 1 unspecified atom stereocenters. The van der Waals surface area contributed by atoms with Gasteiger partial charge in [0.2, 0.25) is 6.23 Å². The van der Waals surface area contributed by atoms with E-state index in [0.29, 0.717) is 17.5 Å². The highest BCUT2D eigenvalue weighted by atomic mass is 32.2. The molecule has 0 amide bonds. The first-order valence-corrected chi connectivity index (χ1v) is 14.3. The normalized spacial score (nSPS) is 17.0. The van der Waals surface area contributed by atoms with Gasteiger partial charge in [-0.2, -0.15) is 4.98 Å². The van der Waals surface area contributed by atoms with Gasteiger partial charge in [-0.1, -0.05) is 74.7 Å². The van der Waals surface area contributed by atoms with Crippen LogP contribution in [0, 0.1) is 5.82 Å². The predicted molar refractivity (Wildman–Crippen MR) is 143 cm³/mol. The van der Waals surface area contributed by atoms with E-state index < -0.39 is 0 Å². The highest BCUT2D eigenvalue weighted by Crippen LogP contribution is 2.28. The van der Waals surface area contributed by atoms with Gasteiger partial charge in [-0.05, 0) is 49.8 Å². The van der Waals surface area contributed by atoms with Gasteiger partial charge in [-0.25, -0.2) is 4.39 Å². The summed E-state index contributed by atoms with van der Waals surface area (Å²) in [4.78, 5) is 25.3. The Kier molecular flexibility index (Phi) is 9.61. The van der Waals surface area contributed by atoms with Crippen molar-refractivity contribution in [3.63, 3.8) is 0 Å². The number of rotatable bonds is 13. The van der Waals surface area contributed by atoms with Crippen LogP contribution in [-0.4, -0.2) is 26.5 Å². The van der Waals surface area contributed by atoms with Gasteiger partial charge in [0.25, 0.3) is 5.56 Å². The van der Waals surface area contributed by atoms with E-state index in [2.05, 4.69) is 45.7 Å². The fourth-order valence-corrected chi connectivity index (χ4v) is 5.71. The van der Waals surface area contributed by atoms with Crippen LogP contribution in [0.1, 0.15) is 82.0 Å². The van der Waals surface area contributed by atoms with E-state index in [1.807, 2.05) is 0 Å². The second kappa shape index (κ2) is 13.1. The summed E-state index contributed by atoms with van der Waals surface area (Å²) in [7, 11) is 0. The number of allylic oxidation sites excluding steroid dienone is 1. The summed E-state index contributed by atoms with van der Waals surface area (Å²) in [6, 6.07) is 6.47. The summed E-state index contributed by atoms with van der Waals surface area (Å²) in [6.07, 6.45) is 14.6. The highest BCUT2D eigenvalue weighted by molar-refractivity contribution is 7.98. The maximum atomic E-state index is 13.3. The van der Waals surface area contributed by atoms with Gasteiger partial charge in [0.1, 0.15) is 5.82 Å². The van der Waals surface area contributed by atoms with Crippen LogP contribution in [0.2, 0.25) is 0 Å². The van der Waals surface area contributed by atoms with Crippen molar-refractivity contribution in [1.29, 1.82) is 0 Å². The van der Waals surface area contributed by atoms with Crippen LogP contribution in [0.25, 0.3) is 0 Å². The molecule has 1 aliphatic heterocycles. The fourth-order valence-electron chi connectivity index (χ4n) is 4.74. The van der Waals surface area contributed by atoms with Crippen molar-refractivity contribution < 1.29 is 9.23 Å². The Morgan fingerprint density at radius 2 is 1.94 bits per heavy atom. The second-order valence-corrected chi connectivity index (χ2v) is 10.4. The Morgan fingerprint density at radius 1 is 1.14 bits per heavy atom. The SMILES string of the molecule is CCC=CN1C(Cn2c(SCc3ccc(F)cc3)nc(=O)c3c2CCC3)=NOC1CCCCCCC. The molecule has 6 nitrogen and oxygen atoms in total. The molecule has 0 fully saturated rings. The molecule has 0 saturated heterocycles. The van der Waals surface area contributed by atoms with E-state index in [-0.39, 0.29) is 17.6 Å². The summed E-state index contributed by atoms with van der Waals surface area (Å²) in [5.74, 6) is 1.19. The van der Waals surface area contributed by atoms with Gasteiger partial charge in [0.05, 0.1) is 6.54 Å². The lowest BCUT2D eigenvalue weighted by molar-refractivity contribution is 0.0198. The number of hydrogen-bond acceptors (Lipinski definition) is 6. The molecule has 1 aliphatic carbocycles. The monoisotopic (exact) mass is 512 g/mol. The first kappa shape index (κ1) is 26.5. The topological polar surface area (TPSA) is 59.7 Å². The van der Waals surface area contributed by atoms with Crippen LogP contribution in [0.15, 0.2) is 51.6 Å². The van der Waals surface area contributed by atoms with Crippen LogP contribution in [0.5, 0.6) is 0 Å². The molecule has 0 bridgehead atoms. The molecule has 36 heavy (non-hydrogen) atoms. The number of fused-ring (bicyclic) bond motifs is 1. The summed E-state index contributed by atoms with van der Waals surface area (Å²) < 4.78 is 15.5. The van der Waals surface area contributed by atoms with E-state index in [1.54, 1.807) is 12.1 Å². The largest absolute Gasteiger partial charge is 0.368 e. The number of thioether (sulfide) groups is 1. The zero-order chi connectivity index (χ0) is 25.3. The minimum absolute atomic E-state index is 0.0971. The van der Waals surface area contributed by atoms with Crippen molar-refractivity contribution in [3.05, 3.63) is 69.5 Å². The number of amidine groups is 1. The van der Waals surface area contributed by atoms with E-state index in [9.17, 15) is 9.18 Å². The third kappa shape index (κ3) is 6.58. The van der Waals surface area contributed by atoms with Crippen molar-refractivity contribution in [2.45, 2.75) is 102 Å². The number of benzene rings is 1. The van der Waals surface area contributed by atoms with Gasteiger partial charge < -0.3 is 9.40 Å². The Morgan fingerprint density at radius 3 is 2.72 bits per heavy atom. The van der Waals surface area contributed by atoms with Crippen LogP contribution < -0.4 is 5.56 Å². The van der Waals surface area contributed by atoms with Gasteiger partial charge in [-0.15, -0.1) is 0 Å². The zero-order valence-electron chi connectivity index (χ0n) is 21.4. The molecule has 1 atom stereocenters. The van der Waals surface area contributed by atoms with E-state index in [4.69, 9.17) is 4.84 Å². The van der Waals surface area contributed by atoms with Crippen molar-refractivity contribution in [3.8, 4) is 0 Å². The molecule has 2 aliphatic rings. The third-order valence-electron chi connectivity index (χ3n) is 6.73. The predicted octanol–water partition coefficient (Wildman–Crippen LogP) is 6.42. The summed E-state index contributed by atoms with van der Waals surface area (Å²) >= 11 is 1.51. The first-order chi connectivity index (χ1) is 17.6. The molecule has 0 radical (unpaired) electrons. The van der Waals surface area contributed by atoms with Gasteiger partial charge >= 0.3 is 0 Å². The molecule has 8 heteroatoms. The maximum absolute atomic E-state index is 13.3. The summed E-state index contributed by atoms with van der Waals surface area (Å²) in [5, 5.41) is 5.17. The Bertz CT molecular complexity index is 1130. The molecule has 0 N–H and O–H groups in total. The number of unbranched alkanes of at least 4 members (excludes halogenated alkanes) is 4. The lowest BCUT2D eigenvalue weighted by Gasteiger charge is -2.24. The summed E-state index contributed by atoms with van der Waals surface area (Å²) in [6.45, 7) is 4.85. The number of hydrogen-bond donors (Lipinski definition) is 0. The van der Waals surface area contributed by atoms with Gasteiger partial charge in [0.15, 0.2) is 11.0 Å². The second-order valence-electron chi connectivity index (χ2n) is 9.45. The van der Waals surface area contributed by atoms with E-state index in [1.165, 1.54) is 49.6 Å². The molecule has 194 valence electrons. The molecule has 1 aromatic heterocycles. The van der Waals surface area contributed by atoms with Crippen LogP contribution in [0.3, 0.4) is 0 Å². The molecule has 0 spiro atoms. The quantitative estimate of drug-likeness (QED) is 0.176. The average molecular weight is 513 g/mol.